The minimum atomic E-state index is -0.0291. The lowest BCUT2D eigenvalue weighted by Gasteiger charge is -2.23. The lowest BCUT2D eigenvalue weighted by Crippen LogP contribution is -2.23. The van der Waals surface area contributed by atoms with E-state index in [4.69, 9.17) is 4.74 Å². The van der Waals surface area contributed by atoms with Gasteiger partial charge in [-0.15, -0.1) is 0 Å². The Morgan fingerprint density at radius 1 is 0.800 bits per heavy atom. The molecule has 0 aliphatic heterocycles. The van der Waals surface area contributed by atoms with Crippen molar-refractivity contribution in [3.8, 4) is 5.75 Å². The highest BCUT2D eigenvalue weighted by atomic mass is 16.5. The molecule has 0 saturated heterocycles. The molecule has 2 heteroatoms. The van der Waals surface area contributed by atoms with Gasteiger partial charge in [-0.1, -0.05) is 19.3 Å². The van der Waals surface area contributed by atoms with Crippen molar-refractivity contribution in [3.63, 3.8) is 0 Å². The van der Waals surface area contributed by atoms with Gasteiger partial charge in [0.15, 0.2) is 0 Å². The molecule has 0 aromatic heterocycles. The van der Waals surface area contributed by atoms with Crippen molar-refractivity contribution in [2.75, 3.05) is 0 Å². The van der Waals surface area contributed by atoms with Gasteiger partial charge in [-0.2, -0.15) is 0 Å². The zero-order chi connectivity index (χ0) is 14.9. The molecule has 1 aromatic rings. The van der Waals surface area contributed by atoms with Crippen molar-refractivity contribution in [2.45, 2.75) is 66.7 Å². The number of carbonyl (C=O) groups is 1. The molecule has 0 spiro atoms. The Balaban J connectivity index is 2.27. The zero-order valence-corrected chi connectivity index (χ0v) is 13.4. The van der Waals surface area contributed by atoms with Gasteiger partial charge >= 0.3 is 5.97 Å². The van der Waals surface area contributed by atoms with Crippen LogP contribution in [0.1, 0.15) is 59.9 Å². The third-order valence-corrected chi connectivity index (χ3v) is 5.07. The molecule has 2 nitrogen and oxygen atoms in total. The molecule has 20 heavy (non-hydrogen) atoms. The van der Waals surface area contributed by atoms with Crippen LogP contribution in [0.5, 0.6) is 5.75 Å². The number of benzene rings is 1. The van der Waals surface area contributed by atoms with Gasteiger partial charge < -0.3 is 4.74 Å². The number of rotatable bonds is 2. The average molecular weight is 274 g/mol. The standard InChI is InChI=1S/C18H26O2/c1-11-12(2)14(4)17(15(5)13(11)3)20-18(19)16-9-7-6-8-10-16/h16H,6-10H2,1-5H3. The van der Waals surface area contributed by atoms with Crippen LogP contribution in [0.4, 0.5) is 0 Å². The van der Waals surface area contributed by atoms with E-state index >= 15 is 0 Å². The summed E-state index contributed by atoms with van der Waals surface area (Å²) in [5, 5.41) is 0. The molecular formula is C18H26O2. The van der Waals surface area contributed by atoms with E-state index in [1.165, 1.54) is 23.1 Å². The van der Waals surface area contributed by atoms with Crippen LogP contribution >= 0.6 is 0 Å². The van der Waals surface area contributed by atoms with Crippen molar-refractivity contribution in [3.05, 3.63) is 27.8 Å². The average Bonchev–Trinajstić information content (AvgIpc) is 2.48. The maximum Gasteiger partial charge on any atom is 0.314 e. The minimum absolute atomic E-state index is 0.0291. The van der Waals surface area contributed by atoms with Gasteiger partial charge in [-0.25, -0.2) is 0 Å². The second kappa shape index (κ2) is 5.99. The van der Waals surface area contributed by atoms with Gasteiger partial charge in [0.2, 0.25) is 0 Å². The number of hydrogen-bond acceptors (Lipinski definition) is 2. The lowest BCUT2D eigenvalue weighted by molar-refractivity contribution is -0.140. The maximum atomic E-state index is 12.4. The summed E-state index contributed by atoms with van der Waals surface area (Å²) in [6.07, 6.45) is 5.54. The summed E-state index contributed by atoms with van der Waals surface area (Å²) in [5.41, 5.74) is 5.99. The molecule has 110 valence electrons. The van der Waals surface area contributed by atoms with Crippen LogP contribution in [-0.4, -0.2) is 5.97 Å². The summed E-state index contributed by atoms with van der Waals surface area (Å²) < 4.78 is 5.79. The molecule has 1 aliphatic rings. The third kappa shape index (κ3) is 2.74. The Hall–Kier alpha value is -1.31. The van der Waals surface area contributed by atoms with Gasteiger partial charge in [0.05, 0.1) is 5.92 Å². The van der Waals surface area contributed by atoms with Gasteiger partial charge in [0.25, 0.3) is 0 Å². The van der Waals surface area contributed by atoms with E-state index < -0.39 is 0 Å². The zero-order valence-electron chi connectivity index (χ0n) is 13.4. The quantitative estimate of drug-likeness (QED) is 0.576. The van der Waals surface area contributed by atoms with E-state index in [9.17, 15) is 4.79 Å². The molecule has 1 aromatic carbocycles. The SMILES string of the molecule is Cc1c(C)c(C)c(OC(=O)C2CCCCC2)c(C)c1C. The number of carbonyl (C=O) groups excluding carboxylic acids is 1. The van der Waals surface area contributed by atoms with E-state index in [1.807, 2.05) is 0 Å². The molecule has 1 aliphatic carbocycles. The Labute approximate surface area is 122 Å². The summed E-state index contributed by atoms with van der Waals surface area (Å²) in [4.78, 5) is 12.4. The predicted molar refractivity (Wildman–Crippen MR) is 82.3 cm³/mol. The highest BCUT2D eigenvalue weighted by Gasteiger charge is 2.25. The fraction of sp³-hybridized carbons (Fsp3) is 0.611. The number of hydrogen-bond donors (Lipinski definition) is 0. The van der Waals surface area contributed by atoms with E-state index in [2.05, 4.69) is 34.6 Å². The van der Waals surface area contributed by atoms with Gasteiger partial charge in [-0.3, -0.25) is 4.79 Å². The summed E-state index contributed by atoms with van der Waals surface area (Å²) >= 11 is 0. The summed E-state index contributed by atoms with van der Waals surface area (Å²) in [6.45, 7) is 10.5. The second-order valence-electron chi connectivity index (χ2n) is 6.21. The van der Waals surface area contributed by atoms with Crippen LogP contribution in [-0.2, 0) is 4.79 Å². The fourth-order valence-electron chi connectivity index (χ4n) is 3.14. The summed E-state index contributed by atoms with van der Waals surface area (Å²) in [5.74, 6) is 0.865. The molecule has 0 N–H and O–H groups in total. The third-order valence-electron chi connectivity index (χ3n) is 5.07. The topological polar surface area (TPSA) is 26.3 Å². The molecule has 0 unspecified atom stereocenters. The minimum Gasteiger partial charge on any atom is -0.426 e. The van der Waals surface area contributed by atoms with Crippen LogP contribution in [0.3, 0.4) is 0 Å². The monoisotopic (exact) mass is 274 g/mol. The Morgan fingerprint density at radius 3 is 1.75 bits per heavy atom. The summed E-state index contributed by atoms with van der Waals surface area (Å²) in [7, 11) is 0. The normalized spacial score (nSPS) is 16.2. The first-order valence-corrected chi connectivity index (χ1v) is 7.72. The Bertz CT molecular complexity index is 494. The molecular weight excluding hydrogens is 248 g/mol. The first-order chi connectivity index (χ1) is 9.43. The van der Waals surface area contributed by atoms with Crippen molar-refractivity contribution in [1.82, 2.24) is 0 Å². The maximum absolute atomic E-state index is 12.4. The molecule has 2 rings (SSSR count). The van der Waals surface area contributed by atoms with E-state index in [0.717, 1.165) is 42.6 Å². The van der Waals surface area contributed by atoms with Crippen LogP contribution in [0.2, 0.25) is 0 Å². The van der Waals surface area contributed by atoms with Crippen LogP contribution in [0.15, 0.2) is 0 Å². The van der Waals surface area contributed by atoms with Gasteiger partial charge in [-0.05, 0) is 75.3 Å². The molecule has 0 radical (unpaired) electrons. The van der Waals surface area contributed by atoms with Crippen molar-refractivity contribution in [1.29, 1.82) is 0 Å². The largest absolute Gasteiger partial charge is 0.426 e. The van der Waals surface area contributed by atoms with Gasteiger partial charge in [0, 0.05) is 0 Å². The van der Waals surface area contributed by atoms with Crippen molar-refractivity contribution in [2.24, 2.45) is 5.92 Å². The van der Waals surface area contributed by atoms with Crippen LogP contribution in [0.25, 0.3) is 0 Å². The molecule has 1 saturated carbocycles. The second-order valence-corrected chi connectivity index (χ2v) is 6.21. The smallest absolute Gasteiger partial charge is 0.314 e. The van der Waals surface area contributed by atoms with E-state index in [1.54, 1.807) is 0 Å². The van der Waals surface area contributed by atoms with Crippen LogP contribution < -0.4 is 4.74 Å². The fourth-order valence-corrected chi connectivity index (χ4v) is 3.14. The summed E-state index contributed by atoms with van der Waals surface area (Å²) in [6, 6.07) is 0. The molecule has 0 amide bonds. The Morgan fingerprint density at radius 2 is 1.25 bits per heavy atom. The van der Waals surface area contributed by atoms with Gasteiger partial charge in [0.1, 0.15) is 5.75 Å². The number of ether oxygens (including phenoxy) is 1. The molecule has 0 bridgehead atoms. The van der Waals surface area contributed by atoms with Crippen molar-refractivity contribution >= 4 is 5.97 Å². The molecule has 0 heterocycles. The molecule has 0 atom stereocenters. The highest BCUT2D eigenvalue weighted by Crippen LogP contribution is 2.34. The first-order valence-electron chi connectivity index (χ1n) is 7.72. The van der Waals surface area contributed by atoms with Crippen molar-refractivity contribution < 1.29 is 9.53 Å². The number of esters is 1. The Kier molecular flexibility index (Phi) is 4.52. The van der Waals surface area contributed by atoms with Crippen LogP contribution in [0, 0.1) is 40.5 Å². The highest BCUT2D eigenvalue weighted by molar-refractivity contribution is 5.76. The predicted octanol–water partition coefficient (Wildman–Crippen LogP) is 4.71. The van der Waals surface area contributed by atoms with E-state index in [0.29, 0.717) is 0 Å². The molecule has 1 fully saturated rings. The van der Waals surface area contributed by atoms with E-state index in [-0.39, 0.29) is 11.9 Å². The lowest BCUT2D eigenvalue weighted by atomic mass is 9.89. The first kappa shape index (κ1) is 15.1.